The molecule has 3 aromatic rings. The van der Waals surface area contributed by atoms with Crippen LogP contribution >= 0.6 is 0 Å². The lowest BCUT2D eigenvalue weighted by atomic mass is 10.1. The average molecular weight is 497 g/mol. The molecule has 0 spiro atoms. The van der Waals surface area contributed by atoms with Crippen molar-refractivity contribution in [1.29, 1.82) is 0 Å². The number of Topliss-reactive ketones (excluding diaryl/α,β-unsaturated/α-hetero) is 1. The summed E-state index contributed by atoms with van der Waals surface area (Å²) in [5.74, 6) is 0.386. The van der Waals surface area contributed by atoms with Crippen LogP contribution in [0.1, 0.15) is 27.3 Å². The quantitative estimate of drug-likeness (QED) is 0.236. The summed E-state index contributed by atoms with van der Waals surface area (Å²) >= 11 is 0. The zero-order valence-corrected chi connectivity index (χ0v) is 19.8. The van der Waals surface area contributed by atoms with Crippen molar-refractivity contribution in [3.8, 4) is 17.2 Å². The van der Waals surface area contributed by atoms with Crippen LogP contribution in [0.25, 0.3) is 6.08 Å². The van der Waals surface area contributed by atoms with Crippen molar-refractivity contribution in [2.24, 2.45) is 0 Å². The first-order chi connectivity index (χ1) is 17.3. The number of carbonyl (C=O) groups is 2. The Morgan fingerprint density at radius 1 is 1.11 bits per heavy atom. The molecule has 0 saturated carbocycles. The number of hydrogen-bond donors (Lipinski definition) is 0. The van der Waals surface area contributed by atoms with Gasteiger partial charge in [0.25, 0.3) is 0 Å². The zero-order valence-electron chi connectivity index (χ0n) is 19.8. The fourth-order valence-corrected chi connectivity index (χ4v) is 3.91. The van der Waals surface area contributed by atoms with Crippen LogP contribution in [0.15, 0.2) is 60.7 Å². The topological polar surface area (TPSA) is 76.0 Å². The molecule has 9 heteroatoms. The molecule has 0 saturated heterocycles. The van der Waals surface area contributed by atoms with Crippen LogP contribution in [-0.4, -0.2) is 42.2 Å². The Labute approximate surface area is 206 Å². The van der Waals surface area contributed by atoms with Crippen LogP contribution in [0, 0.1) is 13.8 Å². The fraction of sp³-hybridized carbons (Fsp3) is 0.259. The molecule has 0 aliphatic carbocycles. The summed E-state index contributed by atoms with van der Waals surface area (Å²) in [6, 6.07) is 15.0. The first kappa shape index (κ1) is 25.0. The number of hydrogen-bond acceptors (Lipinski definition) is 6. The number of alkyl halides is 2. The van der Waals surface area contributed by atoms with Gasteiger partial charge in [0.05, 0.1) is 6.54 Å². The highest BCUT2D eigenvalue weighted by Crippen LogP contribution is 2.31. The molecule has 4 rings (SSSR count). The summed E-state index contributed by atoms with van der Waals surface area (Å²) in [6.45, 7) is 1.31. The van der Waals surface area contributed by atoms with E-state index in [1.807, 2.05) is 42.7 Å². The first-order valence-corrected chi connectivity index (χ1v) is 11.3. The number of fused-ring (bicyclic) bond motifs is 1. The molecule has 1 aliphatic heterocycles. The predicted molar refractivity (Wildman–Crippen MR) is 128 cm³/mol. The molecule has 0 fully saturated rings. The third-order valence-electron chi connectivity index (χ3n) is 5.69. The number of ketones is 1. The van der Waals surface area contributed by atoms with Gasteiger partial charge in [-0.3, -0.25) is 4.79 Å². The van der Waals surface area contributed by atoms with E-state index in [1.165, 1.54) is 30.3 Å². The Kier molecular flexibility index (Phi) is 7.68. The van der Waals surface area contributed by atoms with Gasteiger partial charge >= 0.3 is 12.6 Å². The highest BCUT2D eigenvalue weighted by atomic mass is 19.3. The number of carbonyl (C=O) groups excluding carboxylic acids is 2. The monoisotopic (exact) mass is 497 g/mol. The summed E-state index contributed by atoms with van der Waals surface area (Å²) < 4.78 is 47.6. The molecular formula is C27H25F2NO6. The molecule has 0 bridgehead atoms. The number of halogens is 2. The lowest BCUT2D eigenvalue weighted by Crippen LogP contribution is -2.33. The van der Waals surface area contributed by atoms with Gasteiger partial charge in [-0.25, -0.2) is 4.79 Å². The standard InChI is InChI=1S/C27H25F2NO6/c1-17-13-22(18(2)30(17)14-21-15-33-24-5-3-4-6-25(24)35-21)23(31)16-34-26(32)12-9-19-7-10-20(11-8-19)36-27(28)29/h3-13,21,27H,14-16H2,1-2H3/b12-9+/t21-/m0/s1. The van der Waals surface area contributed by atoms with Crippen molar-refractivity contribution in [2.75, 3.05) is 13.2 Å². The summed E-state index contributed by atoms with van der Waals surface area (Å²) in [5, 5.41) is 0. The SMILES string of the molecule is Cc1cc(C(=O)COC(=O)/C=C/c2ccc(OC(F)F)cc2)c(C)n1C[C@H]1COc2ccccc2O1. The largest absolute Gasteiger partial charge is 0.486 e. The molecule has 2 aromatic carbocycles. The smallest absolute Gasteiger partial charge is 0.387 e. The fourth-order valence-electron chi connectivity index (χ4n) is 3.91. The van der Waals surface area contributed by atoms with Gasteiger partial charge in [0.2, 0.25) is 5.78 Å². The molecule has 0 unspecified atom stereocenters. The minimum absolute atomic E-state index is 0.0142. The van der Waals surface area contributed by atoms with Gasteiger partial charge in [0.15, 0.2) is 24.2 Å². The number of benzene rings is 2. The van der Waals surface area contributed by atoms with Crippen molar-refractivity contribution in [3.05, 3.63) is 83.2 Å². The van der Waals surface area contributed by atoms with Crippen LogP contribution in [0.3, 0.4) is 0 Å². The van der Waals surface area contributed by atoms with E-state index >= 15 is 0 Å². The lowest BCUT2D eigenvalue weighted by Gasteiger charge is -2.27. The Morgan fingerprint density at radius 2 is 1.83 bits per heavy atom. The lowest BCUT2D eigenvalue weighted by molar-refractivity contribution is -0.136. The molecule has 7 nitrogen and oxygen atoms in total. The first-order valence-electron chi connectivity index (χ1n) is 11.3. The van der Waals surface area contributed by atoms with Gasteiger partial charge in [-0.2, -0.15) is 8.78 Å². The molecule has 1 aromatic heterocycles. The minimum Gasteiger partial charge on any atom is -0.486 e. The van der Waals surface area contributed by atoms with E-state index in [9.17, 15) is 18.4 Å². The summed E-state index contributed by atoms with van der Waals surface area (Å²) in [4.78, 5) is 24.8. The predicted octanol–water partition coefficient (Wildman–Crippen LogP) is 4.99. The Bertz CT molecular complexity index is 1270. The van der Waals surface area contributed by atoms with Gasteiger partial charge in [-0.15, -0.1) is 0 Å². The van der Waals surface area contributed by atoms with Gasteiger partial charge in [-0.05, 0) is 55.8 Å². The van der Waals surface area contributed by atoms with E-state index in [0.29, 0.717) is 35.8 Å². The van der Waals surface area contributed by atoms with Crippen LogP contribution < -0.4 is 14.2 Å². The van der Waals surface area contributed by atoms with Crippen molar-refractivity contribution in [1.82, 2.24) is 4.57 Å². The Morgan fingerprint density at radius 3 is 2.56 bits per heavy atom. The highest BCUT2D eigenvalue weighted by Gasteiger charge is 2.24. The van der Waals surface area contributed by atoms with Crippen LogP contribution in [0.2, 0.25) is 0 Å². The van der Waals surface area contributed by atoms with Gasteiger partial charge in [0, 0.05) is 23.0 Å². The Hall–Kier alpha value is -4.14. The van der Waals surface area contributed by atoms with Crippen LogP contribution in [0.4, 0.5) is 8.78 Å². The van der Waals surface area contributed by atoms with Gasteiger partial charge in [0.1, 0.15) is 12.4 Å². The molecule has 188 valence electrons. The van der Waals surface area contributed by atoms with E-state index in [-0.39, 0.29) is 17.6 Å². The summed E-state index contributed by atoms with van der Waals surface area (Å²) in [7, 11) is 0. The number of para-hydroxylation sites is 2. The average Bonchev–Trinajstić information content (AvgIpc) is 3.15. The number of esters is 1. The maximum absolute atomic E-state index is 12.7. The number of aromatic nitrogens is 1. The van der Waals surface area contributed by atoms with Gasteiger partial charge < -0.3 is 23.5 Å². The van der Waals surface area contributed by atoms with Gasteiger partial charge in [-0.1, -0.05) is 24.3 Å². The van der Waals surface area contributed by atoms with E-state index < -0.39 is 19.2 Å². The molecule has 36 heavy (non-hydrogen) atoms. The second-order valence-electron chi connectivity index (χ2n) is 8.20. The minimum atomic E-state index is -2.91. The third kappa shape index (κ3) is 6.10. The second kappa shape index (κ2) is 11.1. The van der Waals surface area contributed by atoms with Crippen molar-refractivity contribution < 1.29 is 37.3 Å². The maximum atomic E-state index is 12.7. The second-order valence-corrected chi connectivity index (χ2v) is 8.20. The van der Waals surface area contributed by atoms with Crippen molar-refractivity contribution in [2.45, 2.75) is 33.1 Å². The normalized spacial score (nSPS) is 14.8. The number of rotatable bonds is 9. The van der Waals surface area contributed by atoms with Crippen molar-refractivity contribution in [3.63, 3.8) is 0 Å². The molecule has 1 aliphatic rings. The molecule has 0 N–H and O–H groups in total. The third-order valence-corrected chi connectivity index (χ3v) is 5.69. The van der Waals surface area contributed by atoms with E-state index in [1.54, 1.807) is 6.07 Å². The maximum Gasteiger partial charge on any atom is 0.387 e. The molecular weight excluding hydrogens is 472 g/mol. The molecule has 1 atom stereocenters. The van der Waals surface area contributed by atoms with Crippen molar-refractivity contribution >= 4 is 17.8 Å². The molecule has 0 radical (unpaired) electrons. The number of aryl methyl sites for hydroxylation is 1. The van der Waals surface area contributed by atoms with E-state index in [4.69, 9.17) is 14.2 Å². The Balaban J connectivity index is 1.32. The van der Waals surface area contributed by atoms with E-state index in [2.05, 4.69) is 4.74 Å². The zero-order chi connectivity index (χ0) is 25.7. The van der Waals surface area contributed by atoms with Crippen LogP contribution in [0.5, 0.6) is 17.2 Å². The number of nitrogens with zero attached hydrogens (tertiary/aromatic N) is 1. The molecule has 0 amide bonds. The van der Waals surface area contributed by atoms with Crippen LogP contribution in [-0.2, 0) is 16.1 Å². The summed E-state index contributed by atoms with van der Waals surface area (Å²) in [5.41, 5.74) is 2.68. The van der Waals surface area contributed by atoms with E-state index in [0.717, 1.165) is 17.5 Å². The molecule has 2 heterocycles. The highest BCUT2D eigenvalue weighted by molar-refractivity contribution is 6.00. The number of ether oxygens (including phenoxy) is 4. The summed E-state index contributed by atoms with van der Waals surface area (Å²) in [6.07, 6.45) is 2.40.